The summed E-state index contributed by atoms with van der Waals surface area (Å²) < 4.78 is 0. The molecule has 3 aliphatic heterocycles. The monoisotopic (exact) mass is 237 g/mol. The van der Waals surface area contributed by atoms with Crippen LogP contribution in [-0.4, -0.2) is 49.1 Å². The quantitative estimate of drug-likeness (QED) is 0.684. The highest BCUT2D eigenvalue weighted by molar-refractivity contribution is 5.82. The molecule has 0 aromatic heterocycles. The van der Waals surface area contributed by atoms with E-state index in [1.807, 2.05) is 0 Å². The number of nitrogens with one attached hydrogen (secondary N) is 2. The summed E-state index contributed by atoms with van der Waals surface area (Å²) in [4.78, 5) is 14.6. The van der Waals surface area contributed by atoms with Crippen LogP contribution in [-0.2, 0) is 4.79 Å². The van der Waals surface area contributed by atoms with E-state index in [4.69, 9.17) is 0 Å². The van der Waals surface area contributed by atoms with Crippen molar-refractivity contribution in [3.05, 3.63) is 0 Å². The lowest BCUT2D eigenvalue weighted by molar-refractivity contribution is -0.126. The predicted octanol–water partition coefficient (Wildman–Crippen LogP) is 0.195. The molecule has 3 fully saturated rings. The number of carbonyl (C=O) groups is 1. The van der Waals surface area contributed by atoms with Gasteiger partial charge in [0.05, 0.1) is 6.04 Å². The van der Waals surface area contributed by atoms with Crippen molar-refractivity contribution in [1.29, 1.82) is 0 Å². The second kappa shape index (κ2) is 4.58. The van der Waals surface area contributed by atoms with Crippen molar-refractivity contribution in [1.82, 2.24) is 15.5 Å². The van der Waals surface area contributed by atoms with E-state index in [2.05, 4.69) is 22.5 Å². The Morgan fingerprint density at radius 3 is 3.00 bits per heavy atom. The molecule has 3 rings (SSSR count). The highest BCUT2D eigenvalue weighted by Gasteiger charge is 2.45. The van der Waals surface area contributed by atoms with E-state index in [-0.39, 0.29) is 11.9 Å². The topological polar surface area (TPSA) is 44.4 Å². The molecule has 0 radical (unpaired) electrons. The van der Waals surface area contributed by atoms with Crippen molar-refractivity contribution in [2.75, 3.05) is 26.2 Å². The lowest BCUT2D eigenvalue weighted by Crippen LogP contribution is -2.48. The molecule has 0 aromatic rings. The van der Waals surface area contributed by atoms with Gasteiger partial charge in [0.15, 0.2) is 0 Å². The highest BCUT2D eigenvalue weighted by atomic mass is 16.2. The second-order valence-corrected chi connectivity index (χ2v) is 5.82. The minimum absolute atomic E-state index is 0.137. The van der Waals surface area contributed by atoms with Gasteiger partial charge in [0, 0.05) is 19.1 Å². The zero-order chi connectivity index (χ0) is 11.8. The van der Waals surface area contributed by atoms with Gasteiger partial charge in [-0.1, -0.05) is 0 Å². The summed E-state index contributed by atoms with van der Waals surface area (Å²) in [5.41, 5.74) is 0. The van der Waals surface area contributed by atoms with Crippen LogP contribution in [0.5, 0.6) is 0 Å². The molecular formula is C13H23N3O. The van der Waals surface area contributed by atoms with Crippen molar-refractivity contribution >= 4 is 5.91 Å². The molecule has 0 spiro atoms. The summed E-state index contributed by atoms with van der Waals surface area (Å²) in [5, 5.41) is 6.54. The van der Waals surface area contributed by atoms with Crippen molar-refractivity contribution in [3.63, 3.8) is 0 Å². The first-order valence-electron chi connectivity index (χ1n) is 7.01. The predicted molar refractivity (Wildman–Crippen MR) is 66.7 cm³/mol. The zero-order valence-corrected chi connectivity index (χ0v) is 10.6. The van der Waals surface area contributed by atoms with Gasteiger partial charge in [0.2, 0.25) is 5.91 Å². The van der Waals surface area contributed by atoms with Crippen molar-refractivity contribution in [2.45, 2.75) is 38.3 Å². The van der Waals surface area contributed by atoms with Crippen molar-refractivity contribution < 1.29 is 4.79 Å². The molecule has 3 aliphatic rings. The SMILES string of the molecule is CC1C2CNCC2CN1C1CCCCNC1=O. The van der Waals surface area contributed by atoms with E-state index in [1.54, 1.807) is 0 Å². The lowest BCUT2D eigenvalue weighted by Gasteiger charge is -2.31. The minimum Gasteiger partial charge on any atom is -0.355 e. The summed E-state index contributed by atoms with van der Waals surface area (Å²) in [6.45, 7) is 6.55. The summed E-state index contributed by atoms with van der Waals surface area (Å²) in [6, 6.07) is 0.696. The van der Waals surface area contributed by atoms with Crippen LogP contribution in [0.3, 0.4) is 0 Å². The molecule has 17 heavy (non-hydrogen) atoms. The number of carbonyl (C=O) groups excluding carboxylic acids is 1. The van der Waals surface area contributed by atoms with Gasteiger partial charge in [-0.3, -0.25) is 9.69 Å². The van der Waals surface area contributed by atoms with Gasteiger partial charge in [-0.05, 0) is 51.1 Å². The number of hydrogen-bond donors (Lipinski definition) is 2. The average Bonchev–Trinajstić information content (AvgIpc) is 2.81. The fourth-order valence-electron chi connectivity index (χ4n) is 3.85. The molecule has 4 atom stereocenters. The van der Waals surface area contributed by atoms with Crippen LogP contribution >= 0.6 is 0 Å². The van der Waals surface area contributed by atoms with Crippen molar-refractivity contribution in [2.24, 2.45) is 11.8 Å². The molecule has 1 amide bonds. The highest BCUT2D eigenvalue weighted by Crippen LogP contribution is 2.34. The summed E-state index contributed by atoms with van der Waals surface area (Å²) in [7, 11) is 0. The minimum atomic E-state index is 0.137. The molecule has 4 nitrogen and oxygen atoms in total. The molecule has 4 heteroatoms. The number of amides is 1. The van der Waals surface area contributed by atoms with Gasteiger partial charge in [0.25, 0.3) is 0 Å². The summed E-state index contributed by atoms with van der Waals surface area (Å²) >= 11 is 0. The maximum absolute atomic E-state index is 12.1. The van der Waals surface area contributed by atoms with E-state index in [1.165, 1.54) is 6.42 Å². The Morgan fingerprint density at radius 2 is 2.18 bits per heavy atom. The van der Waals surface area contributed by atoms with Crippen LogP contribution in [0, 0.1) is 11.8 Å². The standard InChI is InChI=1S/C13H23N3O/c1-9-11-7-14-6-10(11)8-16(9)12-4-2-3-5-15-13(12)17/h9-12,14H,2-8H2,1H3,(H,15,17). The molecule has 0 saturated carbocycles. The van der Waals surface area contributed by atoms with Crippen LogP contribution < -0.4 is 10.6 Å². The third kappa shape index (κ3) is 1.97. The summed E-state index contributed by atoms with van der Waals surface area (Å²) in [6.07, 6.45) is 3.36. The number of rotatable bonds is 1. The molecule has 2 N–H and O–H groups in total. The molecule has 0 bridgehead atoms. The largest absolute Gasteiger partial charge is 0.355 e. The van der Waals surface area contributed by atoms with E-state index < -0.39 is 0 Å². The fraction of sp³-hybridized carbons (Fsp3) is 0.923. The van der Waals surface area contributed by atoms with Gasteiger partial charge in [-0.25, -0.2) is 0 Å². The van der Waals surface area contributed by atoms with Gasteiger partial charge in [-0.15, -0.1) is 0 Å². The molecule has 0 aliphatic carbocycles. The second-order valence-electron chi connectivity index (χ2n) is 5.82. The van der Waals surface area contributed by atoms with Crippen LogP contribution in [0.4, 0.5) is 0 Å². The molecule has 96 valence electrons. The van der Waals surface area contributed by atoms with Crippen LogP contribution in [0.1, 0.15) is 26.2 Å². The van der Waals surface area contributed by atoms with Crippen LogP contribution in [0.25, 0.3) is 0 Å². The maximum Gasteiger partial charge on any atom is 0.237 e. The normalized spacial score (nSPS) is 43.2. The zero-order valence-electron chi connectivity index (χ0n) is 10.6. The third-order valence-corrected chi connectivity index (χ3v) is 4.89. The summed E-state index contributed by atoms with van der Waals surface area (Å²) in [5.74, 6) is 1.79. The number of nitrogens with zero attached hydrogens (tertiary/aromatic N) is 1. The van der Waals surface area contributed by atoms with E-state index in [9.17, 15) is 4.79 Å². The first-order chi connectivity index (χ1) is 8.27. The van der Waals surface area contributed by atoms with E-state index in [0.29, 0.717) is 6.04 Å². The number of fused-ring (bicyclic) bond motifs is 1. The smallest absolute Gasteiger partial charge is 0.237 e. The first kappa shape index (κ1) is 11.5. The molecule has 3 heterocycles. The number of hydrogen-bond acceptors (Lipinski definition) is 3. The maximum atomic E-state index is 12.1. The van der Waals surface area contributed by atoms with Gasteiger partial charge >= 0.3 is 0 Å². The van der Waals surface area contributed by atoms with Crippen LogP contribution in [0.15, 0.2) is 0 Å². The van der Waals surface area contributed by atoms with E-state index >= 15 is 0 Å². The average molecular weight is 237 g/mol. The molecule has 4 unspecified atom stereocenters. The molecule has 3 saturated heterocycles. The third-order valence-electron chi connectivity index (χ3n) is 4.89. The van der Waals surface area contributed by atoms with Gasteiger partial charge in [0.1, 0.15) is 0 Å². The fourth-order valence-corrected chi connectivity index (χ4v) is 3.85. The Hall–Kier alpha value is -0.610. The Morgan fingerprint density at radius 1 is 1.29 bits per heavy atom. The Kier molecular flexibility index (Phi) is 3.09. The Labute approximate surface area is 103 Å². The van der Waals surface area contributed by atoms with Crippen LogP contribution in [0.2, 0.25) is 0 Å². The lowest BCUT2D eigenvalue weighted by atomic mass is 9.95. The van der Waals surface area contributed by atoms with Gasteiger partial charge in [-0.2, -0.15) is 0 Å². The first-order valence-corrected chi connectivity index (χ1v) is 7.01. The Bertz CT molecular complexity index is 307. The molecular weight excluding hydrogens is 214 g/mol. The number of likely N-dealkylation sites (tertiary alicyclic amines) is 1. The Balaban J connectivity index is 1.73. The van der Waals surface area contributed by atoms with E-state index in [0.717, 1.165) is 50.9 Å². The molecule has 0 aromatic carbocycles. The van der Waals surface area contributed by atoms with Crippen molar-refractivity contribution in [3.8, 4) is 0 Å². The van der Waals surface area contributed by atoms with Gasteiger partial charge < -0.3 is 10.6 Å².